The molecular weight excluding hydrogens is 345 g/mol. The highest BCUT2D eigenvalue weighted by Gasteiger charge is 2.13. The van der Waals surface area contributed by atoms with Gasteiger partial charge in [-0.05, 0) is 47.2 Å². The largest absolute Gasteiger partial charge is 0.486 e. The number of para-hydroxylation sites is 1. The molecule has 4 nitrogen and oxygen atoms in total. The van der Waals surface area contributed by atoms with E-state index in [1.807, 2.05) is 42.5 Å². The second kappa shape index (κ2) is 7.33. The second-order valence-corrected chi connectivity index (χ2v) is 6.00. The Morgan fingerprint density at radius 1 is 0.926 bits per heavy atom. The molecule has 0 bridgehead atoms. The van der Waals surface area contributed by atoms with Gasteiger partial charge in [0.1, 0.15) is 23.9 Å². The van der Waals surface area contributed by atoms with Gasteiger partial charge in [-0.3, -0.25) is 4.79 Å². The lowest BCUT2D eigenvalue weighted by Gasteiger charge is -2.06. The predicted molar refractivity (Wildman–Crippen MR) is 101 cm³/mol. The average Bonchev–Trinajstić information content (AvgIpc) is 3.17. The minimum atomic E-state index is -0.517. The van der Waals surface area contributed by atoms with E-state index in [4.69, 9.17) is 9.15 Å². The Hall–Kier alpha value is -3.60. The molecule has 1 aromatic heterocycles. The molecule has 27 heavy (non-hydrogen) atoms. The van der Waals surface area contributed by atoms with Gasteiger partial charge in [0, 0.05) is 0 Å². The number of hydrogen-bond acceptors (Lipinski definition) is 3. The lowest BCUT2D eigenvalue weighted by Crippen LogP contribution is -2.12. The zero-order chi connectivity index (χ0) is 18.6. The maximum atomic E-state index is 13.6. The van der Waals surface area contributed by atoms with Crippen molar-refractivity contribution in [3.05, 3.63) is 96.2 Å². The van der Waals surface area contributed by atoms with Crippen LogP contribution in [0, 0.1) is 5.82 Å². The number of hydrogen-bond donors (Lipinski definition) is 1. The number of carbonyl (C=O) groups excluding carboxylic acids is 1. The van der Waals surface area contributed by atoms with E-state index in [0.29, 0.717) is 11.5 Å². The van der Waals surface area contributed by atoms with Crippen LogP contribution in [0.1, 0.15) is 16.3 Å². The van der Waals surface area contributed by atoms with Crippen molar-refractivity contribution in [2.45, 2.75) is 6.61 Å². The first-order valence-electron chi connectivity index (χ1n) is 8.45. The number of benzene rings is 3. The van der Waals surface area contributed by atoms with Crippen LogP contribution < -0.4 is 10.1 Å². The molecule has 5 heteroatoms. The van der Waals surface area contributed by atoms with E-state index in [2.05, 4.69) is 5.32 Å². The Bertz CT molecular complexity index is 1100. The van der Waals surface area contributed by atoms with Crippen LogP contribution in [-0.2, 0) is 6.61 Å². The Kier molecular flexibility index (Phi) is 4.58. The van der Waals surface area contributed by atoms with Gasteiger partial charge in [0.2, 0.25) is 0 Å². The highest BCUT2D eigenvalue weighted by molar-refractivity contribution is 6.02. The van der Waals surface area contributed by atoms with Crippen molar-refractivity contribution < 1.29 is 18.3 Å². The van der Waals surface area contributed by atoms with Gasteiger partial charge in [0.05, 0.1) is 5.69 Å². The van der Waals surface area contributed by atoms with E-state index in [0.717, 1.165) is 10.8 Å². The lowest BCUT2D eigenvalue weighted by molar-refractivity contribution is 0.0992. The topological polar surface area (TPSA) is 51.5 Å². The van der Waals surface area contributed by atoms with Gasteiger partial charge in [-0.15, -0.1) is 0 Å². The van der Waals surface area contributed by atoms with Crippen molar-refractivity contribution >= 4 is 22.4 Å². The summed E-state index contributed by atoms with van der Waals surface area (Å²) >= 11 is 0. The molecule has 4 rings (SSSR count). The second-order valence-electron chi connectivity index (χ2n) is 6.00. The van der Waals surface area contributed by atoms with Crippen LogP contribution in [0.25, 0.3) is 10.8 Å². The SMILES string of the molecule is O=C(Nc1ccccc1F)c1ccc(COc2ccc3ccccc3c2)o1. The van der Waals surface area contributed by atoms with Crippen LogP contribution in [0.2, 0.25) is 0 Å². The summed E-state index contributed by atoms with van der Waals surface area (Å²) in [5.41, 5.74) is 0.105. The maximum absolute atomic E-state index is 13.6. The van der Waals surface area contributed by atoms with Gasteiger partial charge in [0.15, 0.2) is 5.76 Å². The fourth-order valence-electron chi connectivity index (χ4n) is 2.74. The van der Waals surface area contributed by atoms with E-state index >= 15 is 0 Å². The van der Waals surface area contributed by atoms with Gasteiger partial charge in [-0.2, -0.15) is 0 Å². The highest BCUT2D eigenvalue weighted by atomic mass is 19.1. The summed E-state index contributed by atoms with van der Waals surface area (Å²) in [6.45, 7) is 0.186. The van der Waals surface area contributed by atoms with E-state index < -0.39 is 11.7 Å². The first kappa shape index (κ1) is 16.8. The number of halogens is 1. The predicted octanol–water partition coefficient (Wildman–Crippen LogP) is 5.40. The average molecular weight is 361 g/mol. The molecule has 3 aromatic carbocycles. The number of nitrogens with one attached hydrogen (secondary N) is 1. The minimum absolute atomic E-state index is 0.0929. The molecule has 1 amide bonds. The zero-order valence-electron chi connectivity index (χ0n) is 14.3. The van der Waals surface area contributed by atoms with Gasteiger partial charge < -0.3 is 14.5 Å². The monoisotopic (exact) mass is 361 g/mol. The summed E-state index contributed by atoms with van der Waals surface area (Å²) in [6, 6.07) is 23.0. The fourth-order valence-corrected chi connectivity index (χ4v) is 2.74. The van der Waals surface area contributed by atoms with E-state index in [1.54, 1.807) is 18.2 Å². The van der Waals surface area contributed by atoms with Crippen molar-refractivity contribution in [2.75, 3.05) is 5.32 Å². The summed E-state index contributed by atoms with van der Waals surface area (Å²) in [6.07, 6.45) is 0. The molecular formula is C22H16FNO3. The molecule has 0 unspecified atom stereocenters. The van der Waals surface area contributed by atoms with Crippen LogP contribution in [0.3, 0.4) is 0 Å². The molecule has 0 radical (unpaired) electrons. The Morgan fingerprint density at radius 2 is 1.70 bits per heavy atom. The molecule has 1 heterocycles. The quantitative estimate of drug-likeness (QED) is 0.517. The molecule has 4 aromatic rings. The van der Waals surface area contributed by atoms with Gasteiger partial charge >= 0.3 is 0 Å². The summed E-state index contributed by atoms with van der Waals surface area (Å²) in [7, 11) is 0. The van der Waals surface area contributed by atoms with Crippen LogP contribution >= 0.6 is 0 Å². The number of ether oxygens (including phenoxy) is 1. The van der Waals surface area contributed by atoms with E-state index in [-0.39, 0.29) is 18.1 Å². The summed E-state index contributed by atoms with van der Waals surface area (Å²) in [5.74, 6) is 0.286. The zero-order valence-corrected chi connectivity index (χ0v) is 14.3. The van der Waals surface area contributed by atoms with Crippen LogP contribution in [0.5, 0.6) is 5.75 Å². The van der Waals surface area contributed by atoms with Crippen LogP contribution in [-0.4, -0.2) is 5.91 Å². The molecule has 0 aliphatic rings. The number of furan rings is 1. The lowest BCUT2D eigenvalue weighted by atomic mass is 10.1. The van der Waals surface area contributed by atoms with Crippen LogP contribution in [0.4, 0.5) is 10.1 Å². The minimum Gasteiger partial charge on any atom is -0.486 e. The molecule has 0 fully saturated rings. The summed E-state index contributed by atoms with van der Waals surface area (Å²) < 4.78 is 24.9. The Labute approximate surface area is 155 Å². The van der Waals surface area contributed by atoms with Crippen molar-refractivity contribution in [2.24, 2.45) is 0 Å². The van der Waals surface area contributed by atoms with E-state index in [1.165, 1.54) is 18.2 Å². The molecule has 0 saturated carbocycles. The number of fused-ring (bicyclic) bond motifs is 1. The fraction of sp³-hybridized carbons (Fsp3) is 0.0455. The van der Waals surface area contributed by atoms with Crippen molar-refractivity contribution in [3.8, 4) is 5.75 Å². The molecule has 0 saturated heterocycles. The molecule has 0 aliphatic carbocycles. The first-order chi connectivity index (χ1) is 13.2. The Balaban J connectivity index is 1.41. The van der Waals surface area contributed by atoms with Crippen molar-refractivity contribution in [1.29, 1.82) is 0 Å². The third-order valence-corrected chi connectivity index (χ3v) is 4.11. The molecule has 134 valence electrons. The standard InChI is InChI=1S/C22H16FNO3/c23-19-7-3-4-8-20(19)24-22(25)21-12-11-18(27-21)14-26-17-10-9-15-5-1-2-6-16(15)13-17/h1-13H,14H2,(H,24,25). The number of carbonyl (C=O) groups is 1. The Morgan fingerprint density at radius 3 is 2.56 bits per heavy atom. The maximum Gasteiger partial charge on any atom is 0.291 e. The summed E-state index contributed by atoms with van der Waals surface area (Å²) in [5, 5.41) is 4.70. The van der Waals surface area contributed by atoms with Gasteiger partial charge in [0.25, 0.3) is 5.91 Å². The first-order valence-corrected chi connectivity index (χ1v) is 8.45. The summed E-state index contributed by atoms with van der Waals surface area (Å²) in [4.78, 5) is 12.2. The highest BCUT2D eigenvalue weighted by Crippen LogP contribution is 2.22. The normalized spacial score (nSPS) is 10.7. The van der Waals surface area contributed by atoms with Gasteiger partial charge in [-0.1, -0.05) is 42.5 Å². The molecule has 0 atom stereocenters. The molecule has 0 aliphatic heterocycles. The van der Waals surface area contributed by atoms with Crippen molar-refractivity contribution in [1.82, 2.24) is 0 Å². The van der Waals surface area contributed by atoms with Crippen LogP contribution in [0.15, 0.2) is 83.3 Å². The van der Waals surface area contributed by atoms with Crippen molar-refractivity contribution in [3.63, 3.8) is 0 Å². The third-order valence-electron chi connectivity index (χ3n) is 4.11. The number of anilines is 1. The van der Waals surface area contributed by atoms with E-state index in [9.17, 15) is 9.18 Å². The third kappa shape index (κ3) is 3.82. The number of rotatable bonds is 5. The molecule has 0 spiro atoms. The molecule has 1 N–H and O–H groups in total. The smallest absolute Gasteiger partial charge is 0.291 e. The number of amides is 1. The van der Waals surface area contributed by atoms with Gasteiger partial charge in [-0.25, -0.2) is 4.39 Å².